The Morgan fingerprint density at radius 2 is 2.13 bits per heavy atom. The number of aromatic hydroxyl groups is 1. The molecule has 7 nitrogen and oxygen atoms in total. The first kappa shape index (κ1) is 16.8. The van der Waals surface area contributed by atoms with Crippen LogP contribution in [0.2, 0.25) is 0 Å². The van der Waals surface area contributed by atoms with Gasteiger partial charge in [0, 0.05) is 32.4 Å². The standard InChI is InChI=1S/C16H20N4O3/c17-11-13(12-19-14-3-1-2-4-15(14)21)16(22)18-5-6-20-7-9-23-10-8-20/h1-4,12,19,21H,5-10H2,(H,18,22)/b13-12-. The number of hydrogen-bond acceptors (Lipinski definition) is 6. The van der Waals surface area contributed by atoms with E-state index in [2.05, 4.69) is 15.5 Å². The van der Waals surface area contributed by atoms with Crippen molar-refractivity contribution in [3.63, 3.8) is 0 Å². The van der Waals surface area contributed by atoms with Gasteiger partial charge in [-0.15, -0.1) is 0 Å². The number of carbonyl (C=O) groups excluding carboxylic acids is 1. The van der Waals surface area contributed by atoms with Gasteiger partial charge in [-0.1, -0.05) is 12.1 Å². The molecule has 1 aromatic rings. The van der Waals surface area contributed by atoms with Crippen LogP contribution in [0.15, 0.2) is 36.0 Å². The van der Waals surface area contributed by atoms with Crippen molar-refractivity contribution in [2.45, 2.75) is 0 Å². The molecule has 2 rings (SSSR count). The quantitative estimate of drug-likeness (QED) is 0.405. The van der Waals surface area contributed by atoms with Crippen molar-refractivity contribution in [1.29, 1.82) is 5.26 Å². The molecule has 1 amide bonds. The molecule has 0 bridgehead atoms. The number of nitrogens with zero attached hydrogens (tertiary/aromatic N) is 2. The Hall–Kier alpha value is -2.56. The number of para-hydroxylation sites is 2. The first-order valence-corrected chi connectivity index (χ1v) is 7.44. The minimum absolute atomic E-state index is 0.0461. The van der Waals surface area contributed by atoms with Crippen molar-refractivity contribution in [3.8, 4) is 11.8 Å². The van der Waals surface area contributed by atoms with Gasteiger partial charge >= 0.3 is 0 Å². The van der Waals surface area contributed by atoms with E-state index in [1.165, 1.54) is 12.3 Å². The Labute approximate surface area is 135 Å². The zero-order chi connectivity index (χ0) is 16.5. The average molecular weight is 316 g/mol. The SMILES string of the molecule is N#C/C(=C/Nc1ccccc1O)C(=O)NCCN1CCOCC1. The number of rotatable bonds is 6. The summed E-state index contributed by atoms with van der Waals surface area (Å²) in [6, 6.07) is 8.45. The van der Waals surface area contributed by atoms with Crippen LogP contribution in [0, 0.1) is 11.3 Å². The Bertz CT molecular complexity index is 604. The van der Waals surface area contributed by atoms with Crippen LogP contribution in [0.3, 0.4) is 0 Å². The lowest BCUT2D eigenvalue weighted by Gasteiger charge is -2.26. The van der Waals surface area contributed by atoms with Gasteiger partial charge in [0.2, 0.25) is 0 Å². The van der Waals surface area contributed by atoms with Gasteiger partial charge in [-0.3, -0.25) is 9.69 Å². The molecule has 0 aliphatic carbocycles. The molecular weight excluding hydrogens is 296 g/mol. The van der Waals surface area contributed by atoms with Crippen molar-refractivity contribution < 1.29 is 14.6 Å². The van der Waals surface area contributed by atoms with Gasteiger partial charge in [0.05, 0.1) is 18.9 Å². The lowest BCUT2D eigenvalue weighted by atomic mass is 10.2. The second-order valence-electron chi connectivity index (χ2n) is 5.04. The number of benzene rings is 1. The molecule has 122 valence electrons. The number of morpholine rings is 1. The minimum Gasteiger partial charge on any atom is -0.506 e. The Morgan fingerprint density at radius 3 is 2.83 bits per heavy atom. The predicted octanol–water partition coefficient (Wildman–Crippen LogP) is 0.660. The summed E-state index contributed by atoms with van der Waals surface area (Å²) in [5, 5.41) is 24.2. The molecular formula is C16H20N4O3. The Morgan fingerprint density at radius 1 is 1.39 bits per heavy atom. The van der Waals surface area contributed by atoms with Crippen LogP contribution in [-0.2, 0) is 9.53 Å². The summed E-state index contributed by atoms with van der Waals surface area (Å²) in [4.78, 5) is 14.2. The fourth-order valence-corrected chi connectivity index (χ4v) is 2.14. The maximum atomic E-state index is 12.0. The molecule has 23 heavy (non-hydrogen) atoms. The number of nitrogens with one attached hydrogen (secondary N) is 2. The van der Waals surface area contributed by atoms with Gasteiger partial charge in [-0.25, -0.2) is 0 Å². The van der Waals surface area contributed by atoms with E-state index in [-0.39, 0.29) is 11.3 Å². The van der Waals surface area contributed by atoms with Crippen LogP contribution >= 0.6 is 0 Å². The summed E-state index contributed by atoms with van der Waals surface area (Å²) in [6.07, 6.45) is 1.29. The number of carbonyl (C=O) groups is 1. The maximum absolute atomic E-state index is 12.0. The summed E-state index contributed by atoms with van der Waals surface area (Å²) in [7, 11) is 0. The van der Waals surface area contributed by atoms with Crippen molar-refractivity contribution in [1.82, 2.24) is 10.2 Å². The average Bonchev–Trinajstić information content (AvgIpc) is 2.58. The van der Waals surface area contributed by atoms with Gasteiger partial charge < -0.3 is 20.5 Å². The number of amides is 1. The van der Waals surface area contributed by atoms with Crippen LogP contribution in [0.5, 0.6) is 5.75 Å². The molecule has 1 aromatic carbocycles. The lowest BCUT2D eigenvalue weighted by molar-refractivity contribution is -0.117. The highest BCUT2D eigenvalue weighted by molar-refractivity contribution is 5.97. The number of nitriles is 1. The van der Waals surface area contributed by atoms with Gasteiger partial charge in [0.25, 0.3) is 5.91 Å². The monoisotopic (exact) mass is 316 g/mol. The normalized spacial score (nSPS) is 15.7. The van der Waals surface area contributed by atoms with Crippen LogP contribution in [-0.4, -0.2) is 55.3 Å². The number of hydrogen-bond donors (Lipinski definition) is 3. The van der Waals surface area contributed by atoms with Crippen LogP contribution < -0.4 is 10.6 Å². The smallest absolute Gasteiger partial charge is 0.263 e. The van der Waals surface area contributed by atoms with E-state index in [0.29, 0.717) is 25.4 Å². The van der Waals surface area contributed by atoms with Crippen molar-refractivity contribution in [2.75, 3.05) is 44.7 Å². The Balaban J connectivity index is 1.82. The minimum atomic E-state index is -0.441. The third kappa shape index (κ3) is 5.29. The molecule has 0 aromatic heterocycles. The van der Waals surface area contributed by atoms with Gasteiger partial charge in [0.1, 0.15) is 17.4 Å². The molecule has 1 saturated heterocycles. The second-order valence-corrected chi connectivity index (χ2v) is 5.04. The molecule has 0 saturated carbocycles. The predicted molar refractivity (Wildman–Crippen MR) is 85.7 cm³/mol. The van der Waals surface area contributed by atoms with Gasteiger partial charge in [-0.2, -0.15) is 5.26 Å². The highest BCUT2D eigenvalue weighted by atomic mass is 16.5. The van der Waals surface area contributed by atoms with E-state index >= 15 is 0 Å². The fraction of sp³-hybridized carbons (Fsp3) is 0.375. The first-order chi connectivity index (χ1) is 11.2. The molecule has 0 atom stereocenters. The third-order valence-corrected chi connectivity index (χ3v) is 3.46. The first-order valence-electron chi connectivity index (χ1n) is 7.44. The van der Waals surface area contributed by atoms with Crippen LogP contribution in [0.25, 0.3) is 0 Å². The highest BCUT2D eigenvalue weighted by Gasteiger charge is 2.12. The molecule has 0 radical (unpaired) electrons. The summed E-state index contributed by atoms with van der Waals surface area (Å²) >= 11 is 0. The summed E-state index contributed by atoms with van der Waals surface area (Å²) in [6.45, 7) is 4.32. The number of phenols is 1. The summed E-state index contributed by atoms with van der Waals surface area (Å²) in [5.41, 5.74) is 0.386. The molecule has 1 heterocycles. The maximum Gasteiger partial charge on any atom is 0.263 e. The molecule has 0 unspecified atom stereocenters. The fourth-order valence-electron chi connectivity index (χ4n) is 2.14. The van der Waals surface area contributed by atoms with E-state index in [9.17, 15) is 9.90 Å². The van der Waals surface area contributed by atoms with Crippen LogP contribution in [0.1, 0.15) is 0 Å². The van der Waals surface area contributed by atoms with E-state index < -0.39 is 5.91 Å². The molecule has 3 N–H and O–H groups in total. The summed E-state index contributed by atoms with van der Waals surface area (Å²) in [5.74, 6) is -0.391. The molecule has 7 heteroatoms. The molecule has 1 fully saturated rings. The van der Waals surface area contributed by atoms with Crippen LogP contribution in [0.4, 0.5) is 5.69 Å². The van der Waals surface area contributed by atoms with E-state index in [1.54, 1.807) is 18.2 Å². The van der Waals surface area contributed by atoms with Gasteiger partial charge in [0.15, 0.2) is 0 Å². The van der Waals surface area contributed by atoms with E-state index in [4.69, 9.17) is 10.00 Å². The second kappa shape index (κ2) is 8.78. The zero-order valence-corrected chi connectivity index (χ0v) is 12.8. The highest BCUT2D eigenvalue weighted by Crippen LogP contribution is 2.21. The lowest BCUT2D eigenvalue weighted by Crippen LogP contribution is -2.41. The van der Waals surface area contributed by atoms with Crippen molar-refractivity contribution in [2.24, 2.45) is 0 Å². The third-order valence-electron chi connectivity index (χ3n) is 3.46. The molecule has 0 spiro atoms. The zero-order valence-electron chi connectivity index (χ0n) is 12.8. The van der Waals surface area contributed by atoms with E-state index in [0.717, 1.165) is 19.6 Å². The number of phenolic OH excluding ortho intramolecular Hbond substituents is 1. The number of ether oxygens (including phenoxy) is 1. The largest absolute Gasteiger partial charge is 0.506 e. The topological polar surface area (TPSA) is 97.6 Å². The molecule has 1 aliphatic rings. The molecule has 1 aliphatic heterocycles. The van der Waals surface area contributed by atoms with Gasteiger partial charge in [-0.05, 0) is 12.1 Å². The Kier molecular flexibility index (Phi) is 6.41. The van der Waals surface area contributed by atoms with E-state index in [1.807, 2.05) is 6.07 Å². The van der Waals surface area contributed by atoms with Crippen molar-refractivity contribution >= 4 is 11.6 Å². The summed E-state index contributed by atoms with van der Waals surface area (Å²) < 4.78 is 5.26. The van der Waals surface area contributed by atoms with Crippen molar-refractivity contribution in [3.05, 3.63) is 36.0 Å². The number of anilines is 1.